The van der Waals surface area contributed by atoms with Crippen LogP contribution in [-0.4, -0.2) is 22.3 Å². The lowest BCUT2D eigenvalue weighted by atomic mass is 10.4. The number of H-pyrrole nitrogens is 1. The largest absolute Gasteiger partial charge is 0.471 e. The van der Waals surface area contributed by atoms with Gasteiger partial charge in [0.2, 0.25) is 0 Å². The molecule has 1 heterocycles. The molecule has 4 nitrogen and oxygen atoms in total. The fraction of sp³-hybridized carbons (Fsp3) is 0.333. The molecule has 2 N–H and O–H groups in total. The lowest BCUT2D eigenvalue weighted by Crippen LogP contribution is -2.36. The molecule has 0 aliphatic carbocycles. The third-order valence-electron chi connectivity index (χ3n) is 1.26. The maximum absolute atomic E-state index is 11.6. The van der Waals surface area contributed by atoms with Crippen molar-refractivity contribution < 1.29 is 18.0 Å². The van der Waals surface area contributed by atoms with Gasteiger partial charge < -0.3 is 5.32 Å². The van der Waals surface area contributed by atoms with Crippen LogP contribution in [0, 0.1) is 0 Å². The topological polar surface area (TPSA) is 57.8 Å². The zero-order valence-electron chi connectivity index (χ0n) is 6.35. The molecule has 1 amide bonds. The molecule has 0 atom stereocenters. The summed E-state index contributed by atoms with van der Waals surface area (Å²) in [7, 11) is 0. The Morgan fingerprint density at radius 1 is 1.62 bits per heavy atom. The standard InChI is InChI=1S/C6H6F3N3O/c7-6(8,9)5(13)10-3-4-1-2-11-12-4/h1-2H,3H2,(H,10,13)(H,11,12). The van der Waals surface area contributed by atoms with E-state index in [1.807, 2.05) is 0 Å². The molecule has 0 unspecified atom stereocenters. The van der Waals surface area contributed by atoms with Crippen molar-refractivity contribution in [2.45, 2.75) is 12.7 Å². The predicted molar refractivity (Wildman–Crippen MR) is 36.5 cm³/mol. The van der Waals surface area contributed by atoms with Gasteiger partial charge in [-0.15, -0.1) is 0 Å². The summed E-state index contributed by atoms with van der Waals surface area (Å²) in [4.78, 5) is 10.3. The van der Waals surface area contributed by atoms with Crippen molar-refractivity contribution in [1.82, 2.24) is 15.5 Å². The Hall–Kier alpha value is -1.53. The van der Waals surface area contributed by atoms with Gasteiger partial charge in [-0.25, -0.2) is 0 Å². The molecule has 7 heteroatoms. The average Bonchev–Trinajstić information content (AvgIpc) is 2.50. The summed E-state index contributed by atoms with van der Waals surface area (Å²) in [5.41, 5.74) is 0.414. The second kappa shape index (κ2) is 3.46. The highest BCUT2D eigenvalue weighted by Crippen LogP contribution is 2.14. The Morgan fingerprint density at radius 2 is 2.31 bits per heavy atom. The molecule has 72 valence electrons. The van der Waals surface area contributed by atoms with Gasteiger partial charge in [0, 0.05) is 6.20 Å². The molecular weight excluding hydrogens is 187 g/mol. The Morgan fingerprint density at radius 3 is 2.77 bits per heavy atom. The summed E-state index contributed by atoms with van der Waals surface area (Å²) in [6, 6.07) is 1.47. The van der Waals surface area contributed by atoms with Crippen LogP contribution in [0.25, 0.3) is 0 Å². The van der Waals surface area contributed by atoms with Crippen molar-refractivity contribution in [2.24, 2.45) is 0 Å². The first kappa shape index (κ1) is 9.56. The van der Waals surface area contributed by atoms with Gasteiger partial charge in [-0.05, 0) is 6.07 Å². The van der Waals surface area contributed by atoms with Gasteiger partial charge in [-0.1, -0.05) is 0 Å². The number of nitrogens with one attached hydrogen (secondary N) is 2. The van der Waals surface area contributed by atoms with Gasteiger partial charge in [0.05, 0.1) is 12.2 Å². The zero-order chi connectivity index (χ0) is 9.90. The van der Waals surface area contributed by atoms with Crippen molar-refractivity contribution in [1.29, 1.82) is 0 Å². The van der Waals surface area contributed by atoms with E-state index in [1.54, 1.807) is 5.32 Å². The number of carbonyl (C=O) groups excluding carboxylic acids is 1. The van der Waals surface area contributed by atoms with Crippen molar-refractivity contribution in [3.63, 3.8) is 0 Å². The molecule has 0 aliphatic rings. The number of alkyl halides is 3. The van der Waals surface area contributed by atoms with Crippen LogP contribution in [0.5, 0.6) is 0 Å². The predicted octanol–water partition coefficient (Wildman–Crippen LogP) is 0.588. The number of hydrogen-bond donors (Lipinski definition) is 2. The minimum Gasteiger partial charge on any atom is -0.343 e. The molecule has 0 saturated carbocycles. The van der Waals surface area contributed by atoms with Gasteiger partial charge in [-0.3, -0.25) is 9.89 Å². The average molecular weight is 193 g/mol. The Labute approximate surface area is 71.1 Å². The number of aromatic nitrogens is 2. The van der Waals surface area contributed by atoms with Crippen LogP contribution in [0.1, 0.15) is 5.69 Å². The van der Waals surface area contributed by atoms with Gasteiger partial charge in [0.15, 0.2) is 0 Å². The van der Waals surface area contributed by atoms with E-state index in [0.29, 0.717) is 5.69 Å². The Bertz CT molecular complexity index is 280. The molecule has 13 heavy (non-hydrogen) atoms. The van der Waals surface area contributed by atoms with E-state index >= 15 is 0 Å². The van der Waals surface area contributed by atoms with Gasteiger partial charge in [0.25, 0.3) is 0 Å². The van der Waals surface area contributed by atoms with Crippen LogP contribution in [0.3, 0.4) is 0 Å². The Balaban J connectivity index is 2.40. The second-order valence-corrected chi connectivity index (χ2v) is 2.26. The number of rotatable bonds is 2. The highest BCUT2D eigenvalue weighted by Gasteiger charge is 2.38. The van der Waals surface area contributed by atoms with Gasteiger partial charge in [0.1, 0.15) is 0 Å². The van der Waals surface area contributed by atoms with Crippen LogP contribution in [-0.2, 0) is 11.3 Å². The minimum absolute atomic E-state index is 0.210. The third kappa shape index (κ3) is 2.77. The van der Waals surface area contributed by atoms with E-state index in [9.17, 15) is 18.0 Å². The summed E-state index contributed by atoms with van der Waals surface area (Å²) in [5, 5.41) is 7.61. The number of carbonyl (C=O) groups is 1. The van der Waals surface area contributed by atoms with E-state index in [2.05, 4.69) is 10.2 Å². The fourth-order valence-corrected chi connectivity index (χ4v) is 0.659. The first-order valence-electron chi connectivity index (χ1n) is 3.33. The molecule has 0 radical (unpaired) electrons. The maximum atomic E-state index is 11.6. The molecular formula is C6H6F3N3O. The molecule has 0 saturated heterocycles. The van der Waals surface area contributed by atoms with E-state index < -0.39 is 12.1 Å². The lowest BCUT2D eigenvalue weighted by Gasteiger charge is -2.05. The number of nitrogens with zero attached hydrogens (tertiary/aromatic N) is 1. The molecule has 1 rings (SSSR count). The van der Waals surface area contributed by atoms with Gasteiger partial charge >= 0.3 is 12.1 Å². The quantitative estimate of drug-likeness (QED) is 0.722. The van der Waals surface area contributed by atoms with Crippen LogP contribution in [0.15, 0.2) is 12.3 Å². The normalized spacial score (nSPS) is 11.3. The third-order valence-corrected chi connectivity index (χ3v) is 1.26. The summed E-state index contributed by atoms with van der Waals surface area (Å²) < 4.78 is 34.9. The number of hydrogen-bond acceptors (Lipinski definition) is 2. The van der Waals surface area contributed by atoms with Crippen LogP contribution in [0.4, 0.5) is 13.2 Å². The monoisotopic (exact) mass is 193 g/mol. The number of aromatic amines is 1. The fourth-order valence-electron chi connectivity index (χ4n) is 0.659. The SMILES string of the molecule is O=C(NCc1ccn[nH]1)C(F)(F)F. The molecule has 0 fully saturated rings. The molecule has 0 aromatic carbocycles. The van der Waals surface area contributed by atoms with Gasteiger partial charge in [-0.2, -0.15) is 18.3 Å². The highest BCUT2D eigenvalue weighted by atomic mass is 19.4. The summed E-state index contributed by atoms with van der Waals surface area (Å²) >= 11 is 0. The summed E-state index contributed by atoms with van der Waals surface area (Å²) in [6.45, 7) is -0.210. The van der Waals surface area contributed by atoms with Crippen molar-refractivity contribution in [3.8, 4) is 0 Å². The van der Waals surface area contributed by atoms with Crippen LogP contribution >= 0.6 is 0 Å². The first-order valence-corrected chi connectivity index (χ1v) is 3.33. The lowest BCUT2D eigenvalue weighted by molar-refractivity contribution is -0.173. The Kier molecular flexibility index (Phi) is 2.54. The molecule has 1 aromatic heterocycles. The minimum atomic E-state index is -4.83. The van der Waals surface area contributed by atoms with Crippen molar-refractivity contribution in [3.05, 3.63) is 18.0 Å². The maximum Gasteiger partial charge on any atom is 0.471 e. The summed E-state index contributed by atoms with van der Waals surface area (Å²) in [6.07, 6.45) is -3.45. The number of halogens is 3. The molecule has 1 aromatic rings. The molecule has 0 bridgehead atoms. The first-order chi connectivity index (χ1) is 6.00. The van der Waals surface area contributed by atoms with Crippen LogP contribution < -0.4 is 5.32 Å². The smallest absolute Gasteiger partial charge is 0.343 e. The van der Waals surface area contributed by atoms with Crippen molar-refractivity contribution in [2.75, 3.05) is 0 Å². The zero-order valence-corrected chi connectivity index (χ0v) is 6.35. The van der Waals surface area contributed by atoms with E-state index in [-0.39, 0.29) is 6.54 Å². The second-order valence-electron chi connectivity index (χ2n) is 2.26. The molecule has 0 aliphatic heterocycles. The van der Waals surface area contributed by atoms with E-state index in [4.69, 9.17) is 0 Å². The van der Waals surface area contributed by atoms with Crippen molar-refractivity contribution >= 4 is 5.91 Å². The summed E-state index contributed by atoms with van der Waals surface area (Å²) in [5.74, 6) is -1.96. The molecule has 0 spiro atoms. The highest BCUT2D eigenvalue weighted by molar-refractivity contribution is 5.81. The van der Waals surface area contributed by atoms with E-state index in [1.165, 1.54) is 12.3 Å². The van der Waals surface area contributed by atoms with Crippen LogP contribution in [0.2, 0.25) is 0 Å². The van der Waals surface area contributed by atoms with E-state index in [0.717, 1.165) is 0 Å². The number of amides is 1.